The predicted molar refractivity (Wildman–Crippen MR) is 101 cm³/mol. The second-order valence-electron chi connectivity index (χ2n) is 5.97. The van der Waals surface area contributed by atoms with E-state index in [9.17, 15) is 4.79 Å². The molecule has 0 saturated carbocycles. The van der Waals surface area contributed by atoms with Crippen molar-refractivity contribution in [1.82, 2.24) is 9.80 Å². The van der Waals surface area contributed by atoms with Gasteiger partial charge >= 0.3 is 6.03 Å². The molecule has 0 spiro atoms. The van der Waals surface area contributed by atoms with Crippen LogP contribution in [0.25, 0.3) is 0 Å². The lowest BCUT2D eigenvalue weighted by atomic mass is 10.1. The maximum Gasteiger partial charge on any atom is 0.322 e. The number of anilines is 1. The molecule has 2 amide bonds. The number of hydrogen-bond donors (Lipinski definition) is 1. The lowest BCUT2D eigenvalue weighted by Gasteiger charge is -2.25. The molecule has 0 aliphatic rings. The Hall–Kier alpha value is -2.55. The number of nitrogens with one attached hydrogen (secondary N) is 1. The number of carbonyl (C=O) groups is 1. The summed E-state index contributed by atoms with van der Waals surface area (Å²) in [5.41, 5.74) is 2.28. The van der Waals surface area contributed by atoms with E-state index in [-0.39, 0.29) is 6.03 Å². The second kappa shape index (κ2) is 9.07. The zero-order chi connectivity index (χ0) is 18.2. The van der Waals surface area contributed by atoms with E-state index in [0.717, 1.165) is 12.1 Å². The Bertz CT molecular complexity index is 736. The summed E-state index contributed by atoms with van der Waals surface area (Å²) in [5, 5.41) is 12.4. The first-order valence-electron chi connectivity index (χ1n) is 7.93. The van der Waals surface area contributed by atoms with E-state index < -0.39 is 0 Å². The molecule has 5 nitrogen and oxygen atoms in total. The van der Waals surface area contributed by atoms with Crippen LogP contribution in [0, 0.1) is 11.3 Å². The van der Waals surface area contributed by atoms with Crippen molar-refractivity contribution in [2.75, 3.05) is 32.5 Å². The lowest BCUT2D eigenvalue weighted by Crippen LogP contribution is -2.39. The molecule has 2 aromatic carbocycles. The van der Waals surface area contributed by atoms with Gasteiger partial charge in [0.15, 0.2) is 0 Å². The number of rotatable bonds is 6. The number of amides is 2. The minimum atomic E-state index is -0.173. The first-order valence-corrected chi connectivity index (χ1v) is 8.31. The van der Waals surface area contributed by atoms with E-state index >= 15 is 0 Å². The summed E-state index contributed by atoms with van der Waals surface area (Å²) in [6.07, 6.45) is 0. The van der Waals surface area contributed by atoms with E-state index in [0.29, 0.717) is 29.4 Å². The summed E-state index contributed by atoms with van der Waals surface area (Å²) in [7, 11) is 3.94. The Morgan fingerprint density at radius 3 is 2.28 bits per heavy atom. The van der Waals surface area contributed by atoms with Crippen molar-refractivity contribution in [1.29, 1.82) is 5.26 Å². The molecule has 0 aliphatic heterocycles. The number of nitriles is 1. The van der Waals surface area contributed by atoms with Crippen LogP contribution in [-0.2, 0) is 6.54 Å². The highest BCUT2D eigenvalue weighted by Gasteiger charge is 2.14. The molecular weight excluding hydrogens is 336 g/mol. The summed E-state index contributed by atoms with van der Waals surface area (Å²) in [5.74, 6) is 0. The minimum Gasteiger partial charge on any atom is -0.319 e. The van der Waals surface area contributed by atoms with Gasteiger partial charge in [-0.05, 0) is 56.1 Å². The van der Waals surface area contributed by atoms with Crippen molar-refractivity contribution < 1.29 is 4.79 Å². The largest absolute Gasteiger partial charge is 0.322 e. The van der Waals surface area contributed by atoms with Crippen LogP contribution in [-0.4, -0.2) is 43.0 Å². The third kappa shape index (κ3) is 6.11. The standard InChI is InChI=1S/C19H21ClN4O/c1-23(2)11-12-24(14-16-5-3-15(13-21)4-6-16)19(25)22-18-9-7-17(20)8-10-18/h3-10H,11-12,14H2,1-2H3,(H,22,25). The third-order valence-electron chi connectivity index (χ3n) is 3.66. The van der Waals surface area contributed by atoms with E-state index in [1.165, 1.54) is 0 Å². The Morgan fingerprint density at radius 2 is 1.72 bits per heavy atom. The number of carbonyl (C=O) groups excluding carboxylic acids is 1. The molecule has 25 heavy (non-hydrogen) atoms. The molecule has 0 saturated heterocycles. The lowest BCUT2D eigenvalue weighted by molar-refractivity contribution is 0.202. The third-order valence-corrected chi connectivity index (χ3v) is 3.91. The number of nitrogens with zero attached hydrogens (tertiary/aromatic N) is 3. The molecule has 0 aliphatic carbocycles. The number of urea groups is 1. The first-order chi connectivity index (χ1) is 12.0. The molecule has 0 radical (unpaired) electrons. The summed E-state index contributed by atoms with van der Waals surface area (Å²) < 4.78 is 0. The van der Waals surface area contributed by atoms with Gasteiger partial charge in [0.25, 0.3) is 0 Å². The molecule has 130 valence electrons. The van der Waals surface area contributed by atoms with Gasteiger partial charge in [0.2, 0.25) is 0 Å². The van der Waals surface area contributed by atoms with Crippen molar-refractivity contribution in [3.63, 3.8) is 0 Å². The fourth-order valence-corrected chi connectivity index (χ4v) is 2.34. The van der Waals surface area contributed by atoms with Gasteiger partial charge in [-0.1, -0.05) is 23.7 Å². The normalized spacial score (nSPS) is 10.4. The van der Waals surface area contributed by atoms with E-state index in [1.807, 2.05) is 31.1 Å². The van der Waals surface area contributed by atoms with Gasteiger partial charge in [-0.15, -0.1) is 0 Å². The molecule has 6 heteroatoms. The van der Waals surface area contributed by atoms with Crippen molar-refractivity contribution in [2.45, 2.75) is 6.54 Å². The van der Waals surface area contributed by atoms with Crippen LogP contribution in [0.5, 0.6) is 0 Å². The summed E-state index contributed by atoms with van der Waals surface area (Å²) in [6.45, 7) is 1.82. The molecule has 0 unspecified atom stereocenters. The van der Waals surface area contributed by atoms with Gasteiger partial charge in [0.1, 0.15) is 0 Å². The molecular formula is C19H21ClN4O. The van der Waals surface area contributed by atoms with Gasteiger partial charge in [-0.25, -0.2) is 4.79 Å². The fraction of sp³-hybridized carbons (Fsp3) is 0.263. The van der Waals surface area contributed by atoms with Crippen LogP contribution in [0.4, 0.5) is 10.5 Å². The van der Waals surface area contributed by atoms with Crippen LogP contribution < -0.4 is 5.32 Å². The fourth-order valence-electron chi connectivity index (χ4n) is 2.21. The van der Waals surface area contributed by atoms with Crippen molar-refractivity contribution in [3.05, 3.63) is 64.7 Å². The summed E-state index contributed by atoms with van der Waals surface area (Å²) in [4.78, 5) is 16.4. The SMILES string of the molecule is CN(C)CCN(Cc1ccc(C#N)cc1)C(=O)Nc1ccc(Cl)cc1. The maximum atomic E-state index is 12.6. The highest BCUT2D eigenvalue weighted by atomic mass is 35.5. The average molecular weight is 357 g/mol. The van der Waals surface area contributed by atoms with Gasteiger partial charge in [0.05, 0.1) is 11.6 Å². The van der Waals surface area contributed by atoms with Crippen LogP contribution in [0.15, 0.2) is 48.5 Å². The molecule has 1 N–H and O–H groups in total. The Labute approximate surface area is 153 Å². The highest BCUT2D eigenvalue weighted by Crippen LogP contribution is 2.15. The molecule has 0 fully saturated rings. The van der Waals surface area contributed by atoms with E-state index in [1.54, 1.807) is 41.3 Å². The Balaban J connectivity index is 2.08. The zero-order valence-electron chi connectivity index (χ0n) is 14.4. The molecule has 0 bridgehead atoms. The van der Waals surface area contributed by atoms with Gasteiger partial charge in [-0.2, -0.15) is 5.26 Å². The van der Waals surface area contributed by atoms with Crippen LogP contribution in [0.3, 0.4) is 0 Å². The monoisotopic (exact) mass is 356 g/mol. The van der Waals surface area contributed by atoms with Gasteiger partial charge in [0, 0.05) is 30.3 Å². The van der Waals surface area contributed by atoms with Crippen LogP contribution >= 0.6 is 11.6 Å². The smallest absolute Gasteiger partial charge is 0.319 e. The zero-order valence-corrected chi connectivity index (χ0v) is 15.1. The molecule has 2 aromatic rings. The van der Waals surface area contributed by atoms with Crippen molar-refractivity contribution in [3.8, 4) is 6.07 Å². The van der Waals surface area contributed by atoms with Crippen molar-refractivity contribution >= 4 is 23.3 Å². The van der Waals surface area contributed by atoms with Gasteiger partial charge in [-0.3, -0.25) is 0 Å². The predicted octanol–water partition coefficient (Wildman–Crippen LogP) is 3.81. The van der Waals surface area contributed by atoms with Crippen LogP contribution in [0.2, 0.25) is 5.02 Å². The number of halogens is 1. The minimum absolute atomic E-state index is 0.173. The average Bonchev–Trinajstić information content (AvgIpc) is 2.60. The summed E-state index contributed by atoms with van der Waals surface area (Å²) >= 11 is 5.88. The topological polar surface area (TPSA) is 59.4 Å². The van der Waals surface area contributed by atoms with E-state index in [4.69, 9.17) is 16.9 Å². The maximum absolute atomic E-state index is 12.6. The first kappa shape index (κ1) is 18.8. The molecule has 0 aromatic heterocycles. The van der Waals surface area contributed by atoms with Crippen molar-refractivity contribution in [2.24, 2.45) is 0 Å². The number of benzene rings is 2. The molecule has 0 atom stereocenters. The van der Waals surface area contributed by atoms with Crippen LogP contribution in [0.1, 0.15) is 11.1 Å². The number of likely N-dealkylation sites (N-methyl/N-ethyl adjacent to an activating group) is 1. The van der Waals surface area contributed by atoms with Gasteiger partial charge < -0.3 is 15.1 Å². The summed E-state index contributed by atoms with van der Waals surface area (Å²) in [6, 6.07) is 16.2. The second-order valence-corrected chi connectivity index (χ2v) is 6.41. The van der Waals surface area contributed by atoms with E-state index in [2.05, 4.69) is 11.4 Å². The quantitative estimate of drug-likeness (QED) is 0.856. The molecule has 0 heterocycles. The Morgan fingerprint density at radius 1 is 1.08 bits per heavy atom. The highest BCUT2D eigenvalue weighted by molar-refractivity contribution is 6.30. The Kier molecular flexibility index (Phi) is 6.81. The number of hydrogen-bond acceptors (Lipinski definition) is 3. The molecule has 2 rings (SSSR count).